The number of ether oxygens (including phenoxy) is 1. The molecule has 0 saturated carbocycles. The molecule has 3 N–H and O–H groups in total. The highest BCUT2D eigenvalue weighted by Crippen LogP contribution is 2.39. The summed E-state index contributed by atoms with van der Waals surface area (Å²) < 4.78 is 6.12. The number of para-hydroxylation sites is 2. The van der Waals surface area contributed by atoms with Crippen LogP contribution in [0.25, 0.3) is 10.9 Å². The Balaban J connectivity index is 0.00000225. The Labute approximate surface area is 183 Å². The molecule has 1 atom stereocenters. The fourth-order valence-corrected chi connectivity index (χ4v) is 3.70. The topological polar surface area (TPSA) is 61.4 Å². The van der Waals surface area contributed by atoms with E-state index in [0.29, 0.717) is 6.54 Å². The number of fused-ring (bicyclic) bond motifs is 2. The van der Waals surface area contributed by atoms with Gasteiger partial charge in [-0.05, 0) is 37.4 Å². The van der Waals surface area contributed by atoms with Crippen LogP contribution < -0.4 is 15.4 Å². The SMILES string of the molecule is CN=C(NCc1cc2ccccc2[nH]1)NC1CC(C)(C)Oc2ccccc21.I. The molecule has 5 nitrogen and oxygen atoms in total. The van der Waals surface area contributed by atoms with Crippen LogP contribution in [-0.4, -0.2) is 23.6 Å². The van der Waals surface area contributed by atoms with Crippen LogP contribution in [0.1, 0.15) is 37.6 Å². The molecule has 0 radical (unpaired) electrons. The summed E-state index contributed by atoms with van der Waals surface area (Å²) in [5.41, 5.74) is 3.23. The summed E-state index contributed by atoms with van der Waals surface area (Å²) in [7, 11) is 1.80. The normalized spacial score (nSPS) is 18.0. The standard InChI is InChI=1S/C22H26N4O.HI/c1-22(2)13-19(17-9-5-7-11-20(17)27-22)26-21(23-3)24-14-16-12-15-8-4-6-10-18(15)25-16;/h4-12,19,25H,13-14H2,1-3H3,(H2,23,24,26);1H. The zero-order chi connectivity index (χ0) is 18.9. The van der Waals surface area contributed by atoms with Crippen molar-refractivity contribution in [3.05, 3.63) is 65.9 Å². The van der Waals surface area contributed by atoms with Crippen LogP contribution in [0.3, 0.4) is 0 Å². The Kier molecular flexibility index (Phi) is 6.17. The fourth-order valence-electron chi connectivity index (χ4n) is 3.70. The van der Waals surface area contributed by atoms with Crippen LogP contribution in [0.4, 0.5) is 0 Å². The second-order valence-corrected chi connectivity index (χ2v) is 7.61. The lowest BCUT2D eigenvalue weighted by Gasteiger charge is -2.38. The first-order valence-corrected chi connectivity index (χ1v) is 9.36. The number of guanidine groups is 1. The highest BCUT2D eigenvalue weighted by Gasteiger charge is 2.33. The minimum Gasteiger partial charge on any atom is -0.487 e. The monoisotopic (exact) mass is 490 g/mol. The van der Waals surface area contributed by atoms with Crippen LogP contribution in [0.2, 0.25) is 0 Å². The van der Waals surface area contributed by atoms with Crippen LogP contribution >= 0.6 is 24.0 Å². The van der Waals surface area contributed by atoms with Gasteiger partial charge in [0.05, 0.1) is 12.6 Å². The molecule has 1 aliphatic heterocycles. The van der Waals surface area contributed by atoms with Crippen LogP contribution in [0.15, 0.2) is 59.6 Å². The molecule has 0 spiro atoms. The molecule has 0 bridgehead atoms. The number of nitrogens with zero attached hydrogens (tertiary/aromatic N) is 1. The lowest BCUT2D eigenvalue weighted by atomic mass is 9.90. The third kappa shape index (κ3) is 4.43. The average molecular weight is 490 g/mol. The average Bonchev–Trinajstić information content (AvgIpc) is 3.07. The number of nitrogens with one attached hydrogen (secondary N) is 3. The van der Waals surface area contributed by atoms with E-state index in [1.807, 2.05) is 18.2 Å². The lowest BCUT2D eigenvalue weighted by molar-refractivity contribution is 0.0694. The Morgan fingerprint density at radius 3 is 2.71 bits per heavy atom. The van der Waals surface area contributed by atoms with Crippen molar-refractivity contribution in [2.24, 2.45) is 4.99 Å². The Hall–Kier alpha value is -2.22. The predicted molar refractivity (Wildman–Crippen MR) is 126 cm³/mol. The quantitative estimate of drug-likeness (QED) is 0.282. The summed E-state index contributed by atoms with van der Waals surface area (Å²) >= 11 is 0. The number of aromatic nitrogens is 1. The maximum Gasteiger partial charge on any atom is 0.191 e. The molecule has 4 rings (SSSR count). The van der Waals surface area contributed by atoms with E-state index in [2.05, 4.69) is 70.9 Å². The first-order chi connectivity index (χ1) is 13.0. The van der Waals surface area contributed by atoms with Crippen molar-refractivity contribution < 1.29 is 4.74 Å². The van der Waals surface area contributed by atoms with Crippen molar-refractivity contribution in [3.8, 4) is 5.75 Å². The molecule has 0 amide bonds. The van der Waals surface area contributed by atoms with Crippen molar-refractivity contribution in [3.63, 3.8) is 0 Å². The van der Waals surface area contributed by atoms with Gasteiger partial charge in [-0.2, -0.15) is 0 Å². The van der Waals surface area contributed by atoms with Gasteiger partial charge in [0.15, 0.2) is 5.96 Å². The van der Waals surface area contributed by atoms with Gasteiger partial charge >= 0.3 is 0 Å². The van der Waals surface area contributed by atoms with Crippen molar-refractivity contribution in [2.75, 3.05) is 7.05 Å². The fraction of sp³-hybridized carbons (Fsp3) is 0.318. The van der Waals surface area contributed by atoms with Gasteiger partial charge in [-0.1, -0.05) is 36.4 Å². The van der Waals surface area contributed by atoms with E-state index in [0.717, 1.165) is 29.3 Å². The number of hydrogen-bond donors (Lipinski definition) is 3. The largest absolute Gasteiger partial charge is 0.487 e. The Bertz CT molecular complexity index is 946. The molecule has 0 aliphatic carbocycles. The molecular weight excluding hydrogens is 463 g/mol. The second-order valence-electron chi connectivity index (χ2n) is 7.61. The maximum absolute atomic E-state index is 6.12. The number of aliphatic imine (C=N–C) groups is 1. The molecule has 1 aliphatic rings. The van der Waals surface area contributed by atoms with Gasteiger partial charge in [0.1, 0.15) is 11.4 Å². The molecular formula is C22H27IN4O. The summed E-state index contributed by atoms with van der Waals surface area (Å²) in [6.07, 6.45) is 0.872. The third-order valence-corrected chi connectivity index (χ3v) is 4.94. The number of benzene rings is 2. The van der Waals surface area contributed by atoms with Crippen LogP contribution in [0.5, 0.6) is 5.75 Å². The zero-order valence-electron chi connectivity index (χ0n) is 16.5. The zero-order valence-corrected chi connectivity index (χ0v) is 18.8. The Morgan fingerprint density at radius 2 is 1.93 bits per heavy atom. The maximum atomic E-state index is 6.12. The molecule has 148 valence electrons. The van der Waals surface area contributed by atoms with Gasteiger partial charge in [-0.15, -0.1) is 24.0 Å². The highest BCUT2D eigenvalue weighted by atomic mass is 127. The molecule has 2 heterocycles. The first-order valence-electron chi connectivity index (χ1n) is 9.36. The van der Waals surface area contributed by atoms with Gasteiger partial charge in [-0.3, -0.25) is 4.99 Å². The van der Waals surface area contributed by atoms with E-state index in [1.54, 1.807) is 7.05 Å². The van der Waals surface area contributed by atoms with Gasteiger partial charge in [0, 0.05) is 30.2 Å². The minimum absolute atomic E-state index is 0. The second kappa shape index (κ2) is 8.43. The van der Waals surface area contributed by atoms with Crippen LogP contribution in [0, 0.1) is 0 Å². The molecule has 0 fully saturated rings. The van der Waals surface area contributed by atoms with Gasteiger partial charge in [-0.25, -0.2) is 0 Å². The smallest absolute Gasteiger partial charge is 0.191 e. The predicted octanol–water partition coefficient (Wildman–Crippen LogP) is 4.75. The van der Waals surface area contributed by atoms with Gasteiger partial charge in [0.2, 0.25) is 0 Å². The summed E-state index contributed by atoms with van der Waals surface area (Å²) in [5.74, 6) is 1.73. The lowest BCUT2D eigenvalue weighted by Crippen LogP contribution is -2.45. The van der Waals surface area contributed by atoms with Gasteiger partial charge in [0.25, 0.3) is 0 Å². The number of H-pyrrole nitrogens is 1. The summed E-state index contributed by atoms with van der Waals surface area (Å²) in [5, 5.41) is 8.21. The number of hydrogen-bond acceptors (Lipinski definition) is 2. The van der Waals surface area contributed by atoms with E-state index in [9.17, 15) is 0 Å². The van der Waals surface area contributed by atoms with Crippen molar-refractivity contribution in [1.29, 1.82) is 0 Å². The highest BCUT2D eigenvalue weighted by molar-refractivity contribution is 14.0. The van der Waals surface area contributed by atoms with Gasteiger partial charge < -0.3 is 20.4 Å². The molecule has 3 aromatic rings. The Morgan fingerprint density at radius 1 is 1.18 bits per heavy atom. The van der Waals surface area contributed by atoms with E-state index >= 15 is 0 Å². The van der Waals surface area contributed by atoms with Crippen molar-refractivity contribution in [2.45, 2.75) is 38.5 Å². The number of rotatable bonds is 3. The van der Waals surface area contributed by atoms with E-state index in [4.69, 9.17) is 4.74 Å². The molecule has 6 heteroatoms. The number of halogens is 1. The molecule has 1 aromatic heterocycles. The van der Waals surface area contributed by atoms with E-state index in [-0.39, 0.29) is 35.6 Å². The molecule has 28 heavy (non-hydrogen) atoms. The van der Waals surface area contributed by atoms with Crippen molar-refractivity contribution in [1.82, 2.24) is 15.6 Å². The summed E-state index contributed by atoms with van der Waals surface area (Å²) in [6, 6.07) is 18.8. The summed E-state index contributed by atoms with van der Waals surface area (Å²) in [6.45, 7) is 4.93. The minimum atomic E-state index is -0.220. The van der Waals surface area contributed by atoms with E-state index < -0.39 is 0 Å². The molecule has 2 aromatic carbocycles. The first kappa shape index (κ1) is 20.5. The van der Waals surface area contributed by atoms with Crippen LogP contribution in [-0.2, 0) is 6.54 Å². The molecule has 1 unspecified atom stereocenters. The molecule has 0 saturated heterocycles. The number of aromatic amines is 1. The van der Waals surface area contributed by atoms with E-state index in [1.165, 1.54) is 10.9 Å². The third-order valence-electron chi connectivity index (χ3n) is 4.94. The van der Waals surface area contributed by atoms with Crippen molar-refractivity contribution >= 4 is 40.8 Å². The summed E-state index contributed by atoms with van der Waals surface area (Å²) in [4.78, 5) is 7.85.